The highest BCUT2D eigenvalue weighted by Crippen LogP contribution is 2.30. The van der Waals surface area contributed by atoms with Crippen molar-refractivity contribution in [2.75, 3.05) is 23.8 Å². The van der Waals surface area contributed by atoms with Crippen LogP contribution in [0.25, 0.3) is 0 Å². The second kappa shape index (κ2) is 13.1. The number of urea groups is 1. The SMILES string of the molecule is O=C(Nc1ccccc1)Nc1ccc(CC2OC(CO)C(OC3OC(CO)C(O)C(O)C3O)C(O)C2O)cc1. The molecule has 4 rings (SSSR count). The number of rotatable bonds is 8. The maximum atomic E-state index is 12.2. The van der Waals surface area contributed by atoms with Crippen molar-refractivity contribution in [1.82, 2.24) is 0 Å². The number of hydrogen-bond donors (Lipinski definition) is 9. The molecule has 0 radical (unpaired) electrons. The predicted molar refractivity (Wildman–Crippen MR) is 136 cm³/mol. The van der Waals surface area contributed by atoms with Gasteiger partial charge in [-0.3, -0.25) is 0 Å². The molecule has 0 saturated carbocycles. The topological polar surface area (TPSA) is 210 Å². The zero-order chi connectivity index (χ0) is 28.1. The summed E-state index contributed by atoms with van der Waals surface area (Å²) in [6.07, 6.45) is -14.2. The molecule has 214 valence electrons. The van der Waals surface area contributed by atoms with Crippen molar-refractivity contribution in [1.29, 1.82) is 0 Å². The molecule has 2 aliphatic heterocycles. The van der Waals surface area contributed by atoms with Crippen molar-refractivity contribution in [2.24, 2.45) is 0 Å². The lowest BCUT2D eigenvalue weighted by Gasteiger charge is -2.46. The molecule has 0 spiro atoms. The molecule has 2 aliphatic rings. The molecule has 2 saturated heterocycles. The Kier molecular flexibility index (Phi) is 9.85. The molecule has 10 unspecified atom stereocenters. The molecule has 2 fully saturated rings. The van der Waals surface area contributed by atoms with Gasteiger partial charge in [-0.1, -0.05) is 30.3 Å². The second-order valence-corrected chi connectivity index (χ2v) is 9.52. The summed E-state index contributed by atoms with van der Waals surface area (Å²) in [5.74, 6) is 0. The molecule has 39 heavy (non-hydrogen) atoms. The van der Waals surface area contributed by atoms with Gasteiger partial charge in [-0.05, 0) is 29.8 Å². The Morgan fingerprint density at radius 3 is 1.90 bits per heavy atom. The van der Waals surface area contributed by atoms with Gasteiger partial charge in [-0.25, -0.2) is 4.79 Å². The van der Waals surface area contributed by atoms with Gasteiger partial charge in [0.15, 0.2) is 6.29 Å². The number of aliphatic hydroxyl groups excluding tert-OH is 7. The van der Waals surface area contributed by atoms with Gasteiger partial charge in [0.25, 0.3) is 0 Å². The van der Waals surface area contributed by atoms with Crippen LogP contribution in [-0.2, 0) is 20.6 Å². The second-order valence-electron chi connectivity index (χ2n) is 9.52. The van der Waals surface area contributed by atoms with Crippen LogP contribution in [0.1, 0.15) is 5.56 Å². The Labute approximate surface area is 224 Å². The maximum absolute atomic E-state index is 12.2. The Morgan fingerprint density at radius 2 is 1.28 bits per heavy atom. The lowest BCUT2D eigenvalue weighted by molar-refractivity contribution is -0.342. The zero-order valence-electron chi connectivity index (χ0n) is 20.9. The van der Waals surface area contributed by atoms with Gasteiger partial charge in [0, 0.05) is 17.8 Å². The molecule has 0 aliphatic carbocycles. The van der Waals surface area contributed by atoms with Gasteiger partial charge in [0.1, 0.15) is 48.8 Å². The van der Waals surface area contributed by atoms with E-state index in [2.05, 4.69) is 10.6 Å². The van der Waals surface area contributed by atoms with E-state index in [9.17, 15) is 40.5 Å². The van der Waals surface area contributed by atoms with Crippen molar-refractivity contribution in [3.8, 4) is 0 Å². The van der Waals surface area contributed by atoms with Gasteiger partial charge >= 0.3 is 6.03 Å². The predicted octanol–water partition coefficient (Wildman–Crippen LogP) is -1.46. The van der Waals surface area contributed by atoms with Gasteiger partial charge in [-0.2, -0.15) is 0 Å². The summed E-state index contributed by atoms with van der Waals surface area (Å²) in [5.41, 5.74) is 1.88. The van der Waals surface area contributed by atoms with E-state index < -0.39 is 80.5 Å². The highest BCUT2D eigenvalue weighted by molar-refractivity contribution is 5.99. The molecular weight excluding hydrogens is 516 g/mol. The molecular formula is C26H34N2O11. The molecule has 2 aromatic carbocycles. The molecule has 0 bridgehead atoms. The number of carbonyl (C=O) groups excluding carboxylic acids is 1. The van der Waals surface area contributed by atoms with Crippen LogP contribution in [0.5, 0.6) is 0 Å². The highest BCUT2D eigenvalue weighted by Gasteiger charge is 2.50. The van der Waals surface area contributed by atoms with Crippen molar-refractivity contribution >= 4 is 17.4 Å². The average molecular weight is 551 g/mol. The van der Waals surface area contributed by atoms with E-state index >= 15 is 0 Å². The number of hydrogen-bond acceptors (Lipinski definition) is 11. The monoisotopic (exact) mass is 550 g/mol. The van der Waals surface area contributed by atoms with Gasteiger partial charge < -0.3 is 60.6 Å². The maximum Gasteiger partial charge on any atom is 0.323 e. The fourth-order valence-corrected chi connectivity index (χ4v) is 4.61. The van der Waals surface area contributed by atoms with Crippen LogP contribution in [0.15, 0.2) is 54.6 Å². The molecule has 10 atom stereocenters. The van der Waals surface area contributed by atoms with Crippen LogP contribution >= 0.6 is 0 Å². The summed E-state index contributed by atoms with van der Waals surface area (Å²) in [4.78, 5) is 12.2. The van der Waals surface area contributed by atoms with Crippen LogP contribution in [0.4, 0.5) is 16.2 Å². The number of aliphatic hydroxyl groups is 7. The minimum atomic E-state index is -1.73. The van der Waals surface area contributed by atoms with Crippen molar-refractivity contribution in [3.63, 3.8) is 0 Å². The minimum absolute atomic E-state index is 0.151. The summed E-state index contributed by atoms with van der Waals surface area (Å²) in [7, 11) is 0. The van der Waals surface area contributed by atoms with Crippen LogP contribution in [0.3, 0.4) is 0 Å². The van der Waals surface area contributed by atoms with Crippen molar-refractivity contribution < 1.29 is 54.8 Å². The molecule has 13 nitrogen and oxygen atoms in total. The van der Waals surface area contributed by atoms with Crippen LogP contribution in [0.2, 0.25) is 0 Å². The van der Waals surface area contributed by atoms with Gasteiger partial charge in [-0.15, -0.1) is 0 Å². The standard InChI is InChI=1S/C26H34N2O11/c29-11-17-20(32)21(33)23(35)25(38-17)39-24-18(12-30)37-16(19(31)22(24)34)10-13-6-8-15(9-7-13)28-26(36)27-14-4-2-1-3-5-14/h1-9,16-25,29-35H,10-12H2,(H2,27,28,36). The third kappa shape index (κ3) is 6.91. The Hall–Kier alpha value is -2.69. The fourth-order valence-electron chi connectivity index (χ4n) is 4.61. The van der Waals surface area contributed by atoms with Gasteiger partial charge in [0.05, 0.1) is 19.3 Å². The summed E-state index contributed by atoms with van der Waals surface area (Å²) >= 11 is 0. The number of amides is 2. The zero-order valence-corrected chi connectivity index (χ0v) is 20.9. The molecule has 2 amide bonds. The first-order valence-corrected chi connectivity index (χ1v) is 12.5. The molecule has 0 aromatic heterocycles. The number of ether oxygens (including phenoxy) is 3. The van der Waals surface area contributed by atoms with Crippen molar-refractivity contribution in [3.05, 3.63) is 60.2 Å². The molecule has 2 aromatic rings. The van der Waals surface area contributed by atoms with Gasteiger partial charge in [0.2, 0.25) is 0 Å². The first kappa shape index (κ1) is 29.3. The Balaban J connectivity index is 1.35. The van der Waals surface area contributed by atoms with Crippen LogP contribution in [0, 0.1) is 0 Å². The third-order valence-electron chi connectivity index (χ3n) is 6.78. The molecule has 2 heterocycles. The number of para-hydroxylation sites is 1. The minimum Gasteiger partial charge on any atom is -0.394 e. The first-order valence-electron chi connectivity index (χ1n) is 12.5. The number of carbonyl (C=O) groups is 1. The van der Waals surface area contributed by atoms with Crippen LogP contribution < -0.4 is 10.6 Å². The van der Waals surface area contributed by atoms with E-state index in [1.807, 2.05) is 6.07 Å². The quantitative estimate of drug-likeness (QED) is 0.185. The number of benzene rings is 2. The molecule has 13 heteroatoms. The highest BCUT2D eigenvalue weighted by atomic mass is 16.7. The van der Waals surface area contributed by atoms with E-state index in [1.165, 1.54) is 0 Å². The first-order chi connectivity index (χ1) is 18.7. The summed E-state index contributed by atoms with van der Waals surface area (Å²) in [6.45, 7) is -1.28. The lowest BCUT2D eigenvalue weighted by Crippen LogP contribution is -2.64. The van der Waals surface area contributed by atoms with Crippen LogP contribution in [-0.4, -0.2) is 116 Å². The smallest absolute Gasteiger partial charge is 0.323 e. The Morgan fingerprint density at radius 1 is 0.692 bits per heavy atom. The summed E-state index contributed by atoms with van der Waals surface area (Å²) in [5, 5.41) is 76.4. The fraction of sp³-hybridized carbons (Fsp3) is 0.500. The van der Waals surface area contributed by atoms with E-state index in [0.717, 1.165) is 0 Å². The average Bonchev–Trinajstić information content (AvgIpc) is 2.94. The largest absolute Gasteiger partial charge is 0.394 e. The Bertz CT molecular complexity index is 1060. The summed E-state index contributed by atoms with van der Waals surface area (Å²) < 4.78 is 16.7. The van der Waals surface area contributed by atoms with E-state index in [1.54, 1.807) is 48.5 Å². The molecule has 9 N–H and O–H groups in total. The van der Waals surface area contributed by atoms with E-state index in [4.69, 9.17) is 14.2 Å². The van der Waals surface area contributed by atoms with E-state index in [-0.39, 0.29) is 6.42 Å². The van der Waals surface area contributed by atoms with Crippen molar-refractivity contribution in [2.45, 2.75) is 67.6 Å². The lowest BCUT2D eigenvalue weighted by atomic mass is 9.91. The number of nitrogens with one attached hydrogen (secondary N) is 2. The third-order valence-corrected chi connectivity index (χ3v) is 6.78. The summed E-state index contributed by atoms with van der Waals surface area (Å²) in [6, 6.07) is 15.3. The normalized spacial score (nSPS) is 34.8. The van der Waals surface area contributed by atoms with E-state index in [0.29, 0.717) is 16.9 Å². The number of anilines is 2.